The monoisotopic (exact) mass is 477 g/mol. The van der Waals surface area contributed by atoms with Gasteiger partial charge in [-0.05, 0) is 35.1 Å². The lowest BCUT2D eigenvalue weighted by Gasteiger charge is -2.17. The minimum Gasteiger partial charge on any atom is -0.459 e. The number of alkyl carbamates (subject to hydrolysis) is 1. The van der Waals surface area contributed by atoms with Gasteiger partial charge in [-0.15, -0.1) is 0 Å². The molecule has 0 aliphatic carbocycles. The van der Waals surface area contributed by atoms with Crippen LogP contribution in [0, 0.1) is 0 Å². The third-order valence-corrected chi connectivity index (χ3v) is 5.18. The molecule has 182 valence electrons. The molecule has 2 amide bonds. The summed E-state index contributed by atoms with van der Waals surface area (Å²) in [7, 11) is 0. The van der Waals surface area contributed by atoms with Gasteiger partial charge < -0.3 is 20.5 Å². The summed E-state index contributed by atoms with van der Waals surface area (Å²) in [5.74, 6) is -1.06. The van der Waals surface area contributed by atoms with Crippen LogP contribution in [0.25, 0.3) is 0 Å². The van der Waals surface area contributed by atoms with Gasteiger partial charge in [0.05, 0.1) is 6.20 Å². The van der Waals surface area contributed by atoms with Crippen molar-refractivity contribution in [2.24, 2.45) is 5.73 Å². The van der Waals surface area contributed by atoms with Gasteiger partial charge in [-0.2, -0.15) is 0 Å². The SMILES string of the molecule is NC(=O)c1ccn[n+](CCCC[C@H](NC(=O)OCc2ccccc2)C(=O)OCc2ccccc2)c1. The number of hydrogen-bond acceptors (Lipinski definition) is 6. The number of unbranched alkanes of at least 4 members (excludes halogenated alkanes) is 1. The van der Waals surface area contributed by atoms with Gasteiger partial charge in [0.1, 0.15) is 24.8 Å². The molecular weight excluding hydrogens is 448 g/mol. The van der Waals surface area contributed by atoms with Crippen molar-refractivity contribution in [2.75, 3.05) is 0 Å². The normalized spacial score (nSPS) is 11.3. The topological polar surface area (TPSA) is 124 Å². The molecule has 1 heterocycles. The van der Waals surface area contributed by atoms with Gasteiger partial charge in [0.2, 0.25) is 6.20 Å². The van der Waals surface area contributed by atoms with Crippen LogP contribution >= 0.6 is 0 Å². The molecule has 0 aliphatic rings. The maximum atomic E-state index is 12.7. The molecule has 0 radical (unpaired) electrons. The molecule has 1 atom stereocenters. The summed E-state index contributed by atoms with van der Waals surface area (Å²) in [6.45, 7) is 0.721. The number of ether oxygens (including phenoxy) is 2. The van der Waals surface area contributed by atoms with E-state index in [0.29, 0.717) is 31.4 Å². The Kier molecular flexibility index (Phi) is 9.74. The predicted molar refractivity (Wildman–Crippen MR) is 127 cm³/mol. The van der Waals surface area contributed by atoms with E-state index in [1.807, 2.05) is 60.7 Å². The van der Waals surface area contributed by atoms with E-state index in [-0.39, 0.29) is 13.2 Å². The molecule has 35 heavy (non-hydrogen) atoms. The van der Waals surface area contributed by atoms with Crippen LogP contribution in [0.1, 0.15) is 40.7 Å². The lowest BCUT2D eigenvalue weighted by atomic mass is 10.1. The first-order chi connectivity index (χ1) is 17.0. The van der Waals surface area contributed by atoms with Gasteiger partial charge in [-0.3, -0.25) is 4.79 Å². The lowest BCUT2D eigenvalue weighted by Crippen LogP contribution is -2.42. The Morgan fingerprint density at radius 3 is 2.14 bits per heavy atom. The first-order valence-electron chi connectivity index (χ1n) is 11.3. The summed E-state index contributed by atoms with van der Waals surface area (Å²) in [5, 5.41) is 6.79. The lowest BCUT2D eigenvalue weighted by molar-refractivity contribution is -0.754. The number of aromatic nitrogens is 2. The molecule has 1 aromatic heterocycles. The average Bonchev–Trinajstić information content (AvgIpc) is 2.89. The molecular formula is C26H29N4O5+. The van der Waals surface area contributed by atoms with E-state index in [0.717, 1.165) is 11.1 Å². The van der Waals surface area contributed by atoms with Crippen molar-refractivity contribution in [1.82, 2.24) is 10.4 Å². The largest absolute Gasteiger partial charge is 0.459 e. The molecule has 0 bridgehead atoms. The molecule has 0 saturated heterocycles. The highest BCUT2D eigenvalue weighted by Crippen LogP contribution is 2.08. The summed E-state index contributed by atoms with van der Waals surface area (Å²) in [5.41, 5.74) is 7.36. The van der Waals surface area contributed by atoms with Crippen LogP contribution in [-0.4, -0.2) is 29.1 Å². The summed E-state index contributed by atoms with van der Waals surface area (Å²) in [6.07, 6.45) is 3.99. The summed E-state index contributed by atoms with van der Waals surface area (Å²) >= 11 is 0. The van der Waals surface area contributed by atoms with Gasteiger partial charge in [0, 0.05) is 6.42 Å². The average molecular weight is 478 g/mol. The molecule has 3 N–H and O–H groups in total. The molecule has 0 unspecified atom stereocenters. The Balaban J connectivity index is 1.53. The Labute approximate surface area is 203 Å². The number of amides is 2. The van der Waals surface area contributed by atoms with E-state index in [9.17, 15) is 14.4 Å². The van der Waals surface area contributed by atoms with Crippen LogP contribution in [-0.2, 0) is 34.0 Å². The van der Waals surface area contributed by atoms with Crippen LogP contribution in [0.5, 0.6) is 0 Å². The number of hydrogen-bond donors (Lipinski definition) is 2. The van der Waals surface area contributed by atoms with Crippen LogP contribution in [0.15, 0.2) is 79.1 Å². The Hall–Kier alpha value is -4.27. The van der Waals surface area contributed by atoms with Crippen LogP contribution in [0.4, 0.5) is 4.79 Å². The number of carbonyl (C=O) groups excluding carboxylic acids is 3. The maximum Gasteiger partial charge on any atom is 0.408 e. The zero-order chi connectivity index (χ0) is 24.9. The number of esters is 1. The second-order valence-corrected chi connectivity index (χ2v) is 7.89. The number of nitrogens with two attached hydrogens (primary N) is 1. The number of nitrogens with zero attached hydrogens (tertiary/aromatic N) is 2. The summed E-state index contributed by atoms with van der Waals surface area (Å²) in [4.78, 5) is 36.4. The number of rotatable bonds is 12. The molecule has 9 heteroatoms. The van der Waals surface area contributed by atoms with Crippen LogP contribution in [0.3, 0.4) is 0 Å². The number of benzene rings is 2. The van der Waals surface area contributed by atoms with Gasteiger partial charge in [-0.25, -0.2) is 9.59 Å². The fourth-order valence-corrected chi connectivity index (χ4v) is 3.31. The van der Waals surface area contributed by atoms with E-state index >= 15 is 0 Å². The highest BCUT2D eigenvalue weighted by Gasteiger charge is 2.23. The van der Waals surface area contributed by atoms with Crippen LogP contribution in [0.2, 0.25) is 0 Å². The fourth-order valence-electron chi connectivity index (χ4n) is 3.31. The summed E-state index contributed by atoms with van der Waals surface area (Å²) < 4.78 is 12.3. The molecule has 2 aromatic carbocycles. The number of aryl methyl sites for hydroxylation is 1. The number of nitrogens with one attached hydrogen (secondary N) is 1. The quantitative estimate of drug-likeness (QED) is 0.235. The number of primary amides is 1. The third kappa shape index (κ3) is 8.88. The van der Waals surface area contributed by atoms with Gasteiger partial charge in [0.25, 0.3) is 5.91 Å². The third-order valence-electron chi connectivity index (χ3n) is 5.18. The molecule has 0 fully saturated rings. The van der Waals surface area contributed by atoms with Crippen molar-refractivity contribution in [2.45, 2.75) is 45.1 Å². The van der Waals surface area contributed by atoms with Gasteiger partial charge in [0.15, 0.2) is 6.54 Å². The van der Waals surface area contributed by atoms with E-state index in [1.165, 1.54) is 6.20 Å². The van der Waals surface area contributed by atoms with Crippen molar-refractivity contribution in [3.63, 3.8) is 0 Å². The van der Waals surface area contributed by atoms with Gasteiger partial charge >= 0.3 is 12.1 Å². The Morgan fingerprint density at radius 2 is 1.51 bits per heavy atom. The van der Waals surface area contributed by atoms with E-state index in [1.54, 1.807) is 16.9 Å². The van der Waals surface area contributed by atoms with Crippen molar-refractivity contribution in [3.8, 4) is 0 Å². The zero-order valence-electron chi connectivity index (χ0n) is 19.3. The number of carbonyl (C=O) groups is 3. The standard InChI is InChI=1S/C26H28N4O5/c27-24(31)22-14-15-28-30(17-22)16-8-7-13-23(25(32)34-18-20-9-3-1-4-10-20)29-26(33)35-19-21-11-5-2-6-12-21/h1-6,9-12,14-15,17,23H,7-8,13,16,18-19H2,(H2-,27,29,31,33)/p+1/t23-/m0/s1. The molecule has 0 saturated carbocycles. The van der Waals surface area contributed by atoms with Crippen molar-refractivity contribution in [3.05, 3.63) is 95.8 Å². The first kappa shape index (κ1) is 25.4. The van der Waals surface area contributed by atoms with Gasteiger partial charge in [-0.1, -0.05) is 65.3 Å². The highest BCUT2D eigenvalue weighted by molar-refractivity contribution is 5.92. The molecule has 0 spiro atoms. The van der Waals surface area contributed by atoms with E-state index < -0.39 is 24.0 Å². The first-order valence-corrected chi connectivity index (χ1v) is 11.3. The Morgan fingerprint density at radius 1 is 0.886 bits per heavy atom. The van der Waals surface area contributed by atoms with Crippen molar-refractivity contribution in [1.29, 1.82) is 0 Å². The zero-order valence-corrected chi connectivity index (χ0v) is 19.3. The second kappa shape index (κ2) is 13.4. The Bertz CT molecular complexity index is 1110. The molecule has 0 aliphatic heterocycles. The fraction of sp³-hybridized carbons (Fsp3) is 0.269. The van der Waals surface area contributed by atoms with Crippen LogP contribution < -0.4 is 15.7 Å². The molecule has 3 aromatic rings. The molecule has 3 rings (SSSR count). The van der Waals surface area contributed by atoms with E-state index in [4.69, 9.17) is 15.2 Å². The maximum absolute atomic E-state index is 12.7. The second-order valence-electron chi connectivity index (χ2n) is 7.89. The smallest absolute Gasteiger partial charge is 0.408 e. The minimum atomic E-state index is -0.864. The predicted octanol–water partition coefficient (Wildman–Crippen LogP) is 2.68. The minimum absolute atomic E-state index is 0.0942. The highest BCUT2D eigenvalue weighted by atomic mass is 16.6. The molecule has 9 nitrogen and oxygen atoms in total. The van der Waals surface area contributed by atoms with Crippen molar-refractivity contribution >= 4 is 18.0 Å². The van der Waals surface area contributed by atoms with E-state index in [2.05, 4.69) is 10.4 Å². The summed E-state index contributed by atoms with van der Waals surface area (Å²) in [6, 6.07) is 19.3. The van der Waals surface area contributed by atoms with Crippen molar-refractivity contribution < 1.29 is 28.5 Å².